The molecule has 1 heterocycles. The molecule has 2 rings (SSSR count). The smallest absolute Gasteiger partial charge is 0.269 e. The van der Waals surface area contributed by atoms with E-state index in [2.05, 4.69) is 27.5 Å². The van der Waals surface area contributed by atoms with E-state index in [1.807, 2.05) is 12.3 Å². The zero-order valence-electron chi connectivity index (χ0n) is 13.5. The van der Waals surface area contributed by atoms with Gasteiger partial charge in [-0.05, 0) is 12.0 Å². The van der Waals surface area contributed by atoms with Crippen LogP contribution in [0.1, 0.15) is 22.4 Å². The van der Waals surface area contributed by atoms with Gasteiger partial charge < -0.3 is 10.6 Å². The molecule has 2 N–H and O–H groups in total. The summed E-state index contributed by atoms with van der Waals surface area (Å²) in [4.78, 5) is 20.1. The third-order valence-corrected chi connectivity index (χ3v) is 4.30. The van der Waals surface area contributed by atoms with Crippen molar-refractivity contribution in [3.05, 3.63) is 56.0 Å². The molecule has 0 fully saturated rings. The Morgan fingerprint density at radius 3 is 2.75 bits per heavy atom. The molecule has 0 atom stereocenters. The van der Waals surface area contributed by atoms with Crippen LogP contribution < -0.4 is 10.6 Å². The number of nitro groups is 1. The van der Waals surface area contributed by atoms with Gasteiger partial charge in [-0.3, -0.25) is 15.1 Å². The van der Waals surface area contributed by atoms with E-state index in [1.54, 1.807) is 30.5 Å². The zero-order valence-corrected chi connectivity index (χ0v) is 16.6. The molecule has 1 aromatic carbocycles. The number of halogens is 1. The Labute approximate surface area is 161 Å². The molecule has 130 valence electrons. The Kier molecular flexibility index (Phi) is 8.61. The van der Waals surface area contributed by atoms with E-state index in [0.29, 0.717) is 19.0 Å². The van der Waals surface area contributed by atoms with E-state index in [-0.39, 0.29) is 29.7 Å². The van der Waals surface area contributed by atoms with Crippen LogP contribution in [0.15, 0.2) is 35.5 Å². The lowest BCUT2D eigenvalue weighted by Gasteiger charge is -2.10. The fraction of sp³-hybridized carbons (Fsp3) is 0.333. The van der Waals surface area contributed by atoms with E-state index in [0.717, 1.165) is 17.0 Å². The van der Waals surface area contributed by atoms with Gasteiger partial charge >= 0.3 is 0 Å². The molecule has 0 aliphatic heterocycles. The SMILES string of the molecule is CCc1cnc(CNC(=NC)NCc2cccc([N+](=O)[O-])c2)s1.I. The summed E-state index contributed by atoms with van der Waals surface area (Å²) in [6.07, 6.45) is 2.87. The van der Waals surface area contributed by atoms with Gasteiger partial charge in [0.25, 0.3) is 5.69 Å². The van der Waals surface area contributed by atoms with Gasteiger partial charge in [-0.2, -0.15) is 0 Å². The lowest BCUT2D eigenvalue weighted by molar-refractivity contribution is -0.384. The summed E-state index contributed by atoms with van der Waals surface area (Å²) in [6.45, 7) is 3.16. The van der Waals surface area contributed by atoms with Crippen LogP contribution in [-0.4, -0.2) is 22.9 Å². The maximum atomic E-state index is 10.8. The normalized spacial score (nSPS) is 10.8. The van der Waals surface area contributed by atoms with Crippen molar-refractivity contribution in [3.8, 4) is 0 Å². The zero-order chi connectivity index (χ0) is 16.7. The molecule has 24 heavy (non-hydrogen) atoms. The Bertz CT molecular complexity index is 705. The topological polar surface area (TPSA) is 92.5 Å². The molecule has 7 nitrogen and oxygen atoms in total. The number of rotatable bonds is 6. The number of guanidine groups is 1. The number of hydrogen-bond acceptors (Lipinski definition) is 5. The summed E-state index contributed by atoms with van der Waals surface area (Å²) in [6, 6.07) is 6.54. The second kappa shape index (κ2) is 10.2. The number of benzene rings is 1. The summed E-state index contributed by atoms with van der Waals surface area (Å²) in [5.74, 6) is 0.629. The molecule has 2 aromatic rings. The summed E-state index contributed by atoms with van der Waals surface area (Å²) >= 11 is 1.67. The molecular formula is C15H20IN5O2S. The van der Waals surface area contributed by atoms with Crippen LogP contribution in [0, 0.1) is 10.1 Å². The van der Waals surface area contributed by atoms with Gasteiger partial charge in [0, 0.05) is 36.8 Å². The highest BCUT2D eigenvalue weighted by atomic mass is 127. The number of nitrogens with zero attached hydrogens (tertiary/aromatic N) is 3. The second-order valence-electron chi connectivity index (χ2n) is 4.78. The predicted molar refractivity (Wildman–Crippen MR) is 107 cm³/mol. The highest BCUT2D eigenvalue weighted by Gasteiger charge is 2.06. The average molecular weight is 461 g/mol. The van der Waals surface area contributed by atoms with Crippen LogP contribution >= 0.6 is 35.3 Å². The van der Waals surface area contributed by atoms with Gasteiger partial charge in [-0.25, -0.2) is 4.98 Å². The van der Waals surface area contributed by atoms with E-state index in [9.17, 15) is 10.1 Å². The Balaban J connectivity index is 0.00000288. The molecule has 0 aliphatic carbocycles. The molecule has 0 radical (unpaired) electrons. The average Bonchev–Trinajstić information content (AvgIpc) is 3.03. The molecule has 0 unspecified atom stereocenters. The number of aliphatic imine (C=N–C) groups is 1. The van der Waals surface area contributed by atoms with Crippen molar-refractivity contribution >= 4 is 47.0 Å². The third-order valence-electron chi connectivity index (χ3n) is 3.16. The van der Waals surface area contributed by atoms with Gasteiger partial charge in [0.05, 0.1) is 11.5 Å². The lowest BCUT2D eigenvalue weighted by Crippen LogP contribution is -2.36. The van der Waals surface area contributed by atoms with Crippen molar-refractivity contribution in [2.45, 2.75) is 26.4 Å². The van der Waals surface area contributed by atoms with Crippen molar-refractivity contribution in [2.24, 2.45) is 4.99 Å². The fourth-order valence-electron chi connectivity index (χ4n) is 1.94. The molecule has 0 saturated heterocycles. The number of nitrogens with one attached hydrogen (secondary N) is 2. The van der Waals surface area contributed by atoms with Gasteiger partial charge in [0.1, 0.15) is 5.01 Å². The summed E-state index contributed by atoms with van der Waals surface area (Å²) in [5.41, 5.74) is 0.909. The van der Waals surface area contributed by atoms with Gasteiger partial charge in [-0.1, -0.05) is 19.1 Å². The van der Waals surface area contributed by atoms with Crippen molar-refractivity contribution in [3.63, 3.8) is 0 Å². The molecule has 0 saturated carbocycles. The molecule has 0 aliphatic rings. The van der Waals surface area contributed by atoms with Crippen LogP contribution in [0.25, 0.3) is 0 Å². The van der Waals surface area contributed by atoms with E-state index >= 15 is 0 Å². The van der Waals surface area contributed by atoms with E-state index in [4.69, 9.17) is 0 Å². The largest absolute Gasteiger partial charge is 0.352 e. The summed E-state index contributed by atoms with van der Waals surface area (Å²) in [5, 5.41) is 18.1. The van der Waals surface area contributed by atoms with Gasteiger partial charge in [0.15, 0.2) is 5.96 Å². The quantitative estimate of drug-likeness (QED) is 0.227. The first-order valence-electron chi connectivity index (χ1n) is 7.23. The highest BCUT2D eigenvalue weighted by Crippen LogP contribution is 2.13. The Hall–Kier alpha value is -1.75. The second-order valence-corrected chi connectivity index (χ2v) is 5.98. The first-order chi connectivity index (χ1) is 11.1. The molecular weight excluding hydrogens is 441 g/mol. The van der Waals surface area contributed by atoms with Crippen molar-refractivity contribution in [2.75, 3.05) is 7.05 Å². The number of nitro benzene ring substituents is 1. The highest BCUT2D eigenvalue weighted by molar-refractivity contribution is 14.0. The predicted octanol–water partition coefficient (Wildman–Crippen LogP) is 3.10. The molecule has 9 heteroatoms. The molecule has 0 spiro atoms. The first-order valence-corrected chi connectivity index (χ1v) is 8.05. The molecule has 1 aromatic heterocycles. The van der Waals surface area contributed by atoms with Crippen molar-refractivity contribution < 1.29 is 4.92 Å². The fourth-order valence-corrected chi connectivity index (χ4v) is 2.74. The van der Waals surface area contributed by atoms with Crippen LogP contribution in [0.5, 0.6) is 0 Å². The van der Waals surface area contributed by atoms with Crippen LogP contribution in [-0.2, 0) is 19.5 Å². The first kappa shape index (κ1) is 20.3. The number of non-ortho nitro benzene ring substituents is 1. The maximum absolute atomic E-state index is 10.8. The lowest BCUT2D eigenvalue weighted by atomic mass is 10.2. The Morgan fingerprint density at radius 1 is 1.38 bits per heavy atom. The third kappa shape index (κ3) is 6.04. The number of hydrogen-bond donors (Lipinski definition) is 2. The summed E-state index contributed by atoms with van der Waals surface area (Å²) in [7, 11) is 1.68. The number of thiazole rings is 1. The van der Waals surface area contributed by atoms with E-state index < -0.39 is 4.92 Å². The Morgan fingerprint density at radius 2 is 2.12 bits per heavy atom. The van der Waals surface area contributed by atoms with Crippen LogP contribution in [0.2, 0.25) is 0 Å². The molecule has 0 amide bonds. The number of aromatic nitrogens is 1. The van der Waals surface area contributed by atoms with E-state index in [1.165, 1.54) is 10.9 Å². The number of aryl methyl sites for hydroxylation is 1. The van der Waals surface area contributed by atoms with Crippen molar-refractivity contribution in [1.29, 1.82) is 0 Å². The monoisotopic (exact) mass is 461 g/mol. The van der Waals surface area contributed by atoms with Crippen molar-refractivity contribution in [1.82, 2.24) is 15.6 Å². The minimum atomic E-state index is -0.398. The van der Waals surface area contributed by atoms with Crippen LogP contribution in [0.3, 0.4) is 0 Å². The molecule has 0 bridgehead atoms. The van der Waals surface area contributed by atoms with Gasteiger partial charge in [0.2, 0.25) is 0 Å². The minimum absolute atomic E-state index is 0. The maximum Gasteiger partial charge on any atom is 0.269 e. The minimum Gasteiger partial charge on any atom is -0.352 e. The van der Waals surface area contributed by atoms with Crippen LogP contribution in [0.4, 0.5) is 5.69 Å². The van der Waals surface area contributed by atoms with Gasteiger partial charge in [-0.15, -0.1) is 35.3 Å². The summed E-state index contributed by atoms with van der Waals surface area (Å²) < 4.78 is 0. The standard InChI is InChI=1S/C15H19N5O2S.HI/c1-3-13-9-17-14(23-13)10-19-15(16-2)18-8-11-5-4-6-12(7-11)20(21)22;/h4-7,9H,3,8,10H2,1-2H3,(H2,16,18,19);1H.